The number of rotatable bonds is 17. The van der Waals surface area contributed by atoms with Crippen LogP contribution in [0, 0.1) is 34.5 Å². The van der Waals surface area contributed by atoms with Gasteiger partial charge in [0.25, 0.3) is 0 Å². The second-order valence-corrected chi connectivity index (χ2v) is 15.8. The second-order valence-electron chi connectivity index (χ2n) is 15.8. The zero-order valence-corrected chi connectivity index (χ0v) is 29.1. The molecule has 0 bridgehead atoms. The molecule has 0 amide bonds. The molecule has 0 heterocycles. The number of carbonyl (C=O) groups is 1. The van der Waals surface area contributed by atoms with Gasteiger partial charge in [-0.15, -0.1) is 0 Å². The molecule has 2 aliphatic rings. The Hall–Kier alpha value is -1.37. The summed E-state index contributed by atoms with van der Waals surface area (Å²) < 4.78 is 0. The molecule has 2 aliphatic carbocycles. The molecule has 0 spiro atoms. The third kappa shape index (κ3) is 12.4. The number of unbranched alkanes of at least 4 members (excludes halogenated alkanes) is 1. The normalized spacial score (nSPS) is 22.5. The lowest BCUT2D eigenvalue weighted by molar-refractivity contribution is -0.116. The first kappa shape index (κ1) is 35.8. The van der Waals surface area contributed by atoms with Gasteiger partial charge in [-0.05, 0) is 104 Å². The number of hydrogen-bond acceptors (Lipinski definition) is 1. The van der Waals surface area contributed by atoms with Crippen LogP contribution in [0.3, 0.4) is 0 Å². The fraction of sp³-hybridized carbons (Fsp3) is 0.775. The van der Waals surface area contributed by atoms with E-state index in [1.807, 2.05) is 6.92 Å². The van der Waals surface area contributed by atoms with E-state index in [-0.39, 0.29) is 5.41 Å². The summed E-state index contributed by atoms with van der Waals surface area (Å²) in [6.07, 6.45) is 28.8. The summed E-state index contributed by atoms with van der Waals surface area (Å²) in [5, 5.41) is 0. The predicted octanol–water partition coefficient (Wildman–Crippen LogP) is 12.8. The smallest absolute Gasteiger partial charge is 0.158 e. The molecule has 0 N–H and O–H groups in total. The van der Waals surface area contributed by atoms with Gasteiger partial charge in [0, 0.05) is 6.42 Å². The summed E-state index contributed by atoms with van der Waals surface area (Å²) in [5.74, 6) is 3.30. The summed E-state index contributed by atoms with van der Waals surface area (Å²) >= 11 is 0. The Labute approximate surface area is 256 Å². The average Bonchev–Trinajstić information content (AvgIpc) is 2.88. The molecule has 0 aromatic carbocycles. The highest BCUT2D eigenvalue weighted by molar-refractivity contribution is 5.97. The Balaban J connectivity index is 1.56. The number of allylic oxidation sites excluding steroid dienone is 8. The van der Waals surface area contributed by atoms with Gasteiger partial charge < -0.3 is 0 Å². The van der Waals surface area contributed by atoms with Crippen LogP contribution in [0.2, 0.25) is 0 Å². The molecule has 4 atom stereocenters. The van der Waals surface area contributed by atoms with E-state index in [1.165, 1.54) is 89.0 Å². The molecule has 0 fully saturated rings. The summed E-state index contributed by atoms with van der Waals surface area (Å²) in [6.45, 7) is 23.4. The third-order valence-electron chi connectivity index (χ3n) is 10.6. The average molecular weight is 565 g/mol. The Morgan fingerprint density at radius 3 is 1.61 bits per heavy atom. The highest BCUT2D eigenvalue weighted by Crippen LogP contribution is 2.41. The lowest BCUT2D eigenvalue weighted by Gasteiger charge is -2.33. The van der Waals surface area contributed by atoms with Gasteiger partial charge in [-0.3, -0.25) is 4.79 Å². The zero-order chi connectivity index (χ0) is 30.6. The van der Waals surface area contributed by atoms with Gasteiger partial charge in [0.15, 0.2) is 5.78 Å². The van der Waals surface area contributed by atoms with E-state index in [2.05, 4.69) is 86.6 Å². The SMILES string of the molecule is CC1=C(/C=C/C(C)CCCC(C)CCCCC(C)CCCC(C)/C=C/C2=C(C)C(=O)CCC2(C)C)C(C)(C)CCC1. The van der Waals surface area contributed by atoms with Crippen molar-refractivity contribution in [1.82, 2.24) is 0 Å². The van der Waals surface area contributed by atoms with Crippen molar-refractivity contribution in [3.8, 4) is 0 Å². The van der Waals surface area contributed by atoms with Crippen LogP contribution in [-0.4, -0.2) is 5.78 Å². The summed E-state index contributed by atoms with van der Waals surface area (Å²) in [6, 6.07) is 0. The van der Waals surface area contributed by atoms with Crippen molar-refractivity contribution in [1.29, 1.82) is 0 Å². The van der Waals surface area contributed by atoms with E-state index in [0.29, 0.717) is 29.5 Å². The van der Waals surface area contributed by atoms with Crippen LogP contribution in [0.15, 0.2) is 46.6 Å². The predicted molar refractivity (Wildman–Crippen MR) is 182 cm³/mol. The molecular formula is C40H68O. The van der Waals surface area contributed by atoms with Crippen LogP contribution in [-0.2, 0) is 4.79 Å². The van der Waals surface area contributed by atoms with Crippen LogP contribution in [0.5, 0.6) is 0 Å². The number of hydrogen-bond donors (Lipinski definition) is 0. The maximum Gasteiger partial charge on any atom is 0.158 e. The van der Waals surface area contributed by atoms with Crippen molar-refractivity contribution in [2.24, 2.45) is 34.5 Å². The summed E-state index contributed by atoms with van der Waals surface area (Å²) in [4.78, 5) is 12.2. The van der Waals surface area contributed by atoms with Crippen molar-refractivity contribution >= 4 is 5.78 Å². The van der Waals surface area contributed by atoms with Crippen LogP contribution in [0.4, 0.5) is 0 Å². The largest absolute Gasteiger partial charge is 0.295 e. The molecule has 0 saturated carbocycles. The summed E-state index contributed by atoms with van der Waals surface area (Å²) in [7, 11) is 0. The number of ketones is 1. The van der Waals surface area contributed by atoms with Gasteiger partial charge >= 0.3 is 0 Å². The fourth-order valence-electron chi connectivity index (χ4n) is 7.33. The van der Waals surface area contributed by atoms with E-state index in [0.717, 1.165) is 23.8 Å². The minimum atomic E-state index is 0.124. The van der Waals surface area contributed by atoms with Crippen LogP contribution in [0.1, 0.15) is 166 Å². The molecule has 234 valence electrons. The van der Waals surface area contributed by atoms with Gasteiger partial charge in [-0.1, -0.05) is 137 Å². The van der Waals surface area contributed by atoms with E-state index in [4.69, 9.17) is 0 Å². The molecule has 41 heavy (non-hydrogen) atoms. The molecule has 0 aromatic heterocycles. The topological polar surface area (TPSA) is 17.1 Å². The third-order valence-corrected chi connectivity index (χ3v) is 10.6. The molecule has 0 aliphatic heterocycles. The maximum absolute atomic E-state index is 12.2. The Morgan fingerprint density at radius 2 is 1.10 bits per heavy atom. The molecule has 4 unspecified atom stereocenters. The standard InChI is InChI=1S/C40H68O/c1-30(18-13-20-32(3)23-25-36-34(5)22-15-28-39(36,7)8)16-11-12-17-31(2)19-14-21-33(4)24-26-37-35(6)38(41)27-29-40(37,9)10/h23-26,30-33H,11-22,27-29H2,1-10H3/b25-23+,26-24+. The lowest BCUT2D eigenvalue weighted by atomic mass is 9.72. The highest BCUT2D eigenvalue weighted by Gasteiger charge is 2.30. The Morgan fingerprint density at radius 1 is 0.634 bits per heavy atom. The van der Waals surface area contributed by atoms with Gasteiger partial charge in [0.05, 0.1) is 0 Å². The van der Waals surface area contributed by atoms with Gasteiger partial charge in [0.2, 0.25) is 0 Å². The Bertz CT molecular complexity index is 936. The van der Waals surface area contributed by atoms with Crippen molar-refractivity contribution in [2.75, 3.05) is 0 Å². The quantitative estimate of drug-likeness (QED) is 0.161. The molecule has 1 nitrogen and oxygen atoms in total. The first-order valence-electron chi connectivity index (χ1n) is 17.5. The first-order chi connectivity index (χ1) is 19.2. The van der Waals surface area contributed by atoms with Gasteiger partial charge in [-0.2, -0.15) is 0 Å². The maximum atomic E-state index is 12.2. The molecule has 1 heteroatoms. The lowest BCUT2D eigenvalue weighted by Crippen LogP contribution is -2.24. The van der Waals surface area contributed by atoms with E-state index in [9.17, 15) is 4.79 Å². The van der Waals surface area contributed by atoms with Crippen molar-refractivity contribution in [3.05, 3.63) is 46.6 Å². The van der Waals surface area contributed by atoms with Crippen LogP contribution >= 0.6 is 0 Å². The second kappa shape index (κ2) is 17.1. The Kier molecular flexibility index (Phi) is 14.9. The van der Waals surface area contributed by atoms with Gasteiger partial charge in [-0.25, -0.2) is 0 Å². The van der Waals surface area contributed by atoms with E-state index >= 15 is 0 Å². The first-order valence-corrected chi connectivity index (χ1v) is 17.5. The monoisotopic (exact) mass is 565 g/mol. The molecular weight excluding hydrogens is 496 g/mol. The number of carbonyl (C=O) groups excluding carboxylic acids is 1. The summed E-state index contributed by atoms with van der Waals surface area (Å²) in [5.41, 5.74) is 5.95. The molecule has 0 aromatic rings. The molecule has 0 radical (unpaired) electrons. The van der Waals surface area contributed by atoms with Crippen LogP contribution in [0.25, 0.3) is 0 Å². The van der Waals surface area contributed by atoms with E-state index < -0.39 is 0 Å². The van der Waals surface area contributed by atoms with Crippen molar-refractivity contribution in [3.63, 3.8) is 0 Å². The molecule has 0 saturated heterocycles. The minimum Gasteiger partial charge on any atom is -0.295 e. The van der Waals surface area contributed by atoms with E-state index in [1.54, 1.807) is 11.1 Å². The minimum absolute atomic E-state index is 0.124. The molecule has 2 rings (SSSR count). The highest BCUT2D eigenvalue weighted by atomic mass is 16.1. The van der Waals surface area contributed by atoms with Gasteiger partial charge in [0.1, 0.15) is 0 Å². The zero-order valence-electron chi connectivity index (χ0n) is 29.1. The van der Waals surface area contributed by atoms with Crippen molar-refractivity contribution in [2.45, 2.75) is 166 Å². The fourth-order valence-corrected chi connectivity index (χ4v) is 7.33. The number of Topliss-reactive ketones (excluding diaryl/α,β-unsaturated/α-hetero) is 1. The van der Waals surface area contributed by atoms with Crippen LogP contribution < -0.4 is 0 Å². The van der Waals surface area contributed by atoms with Crippen molar-refractivity contribution < 1.29 is 4.79 Å².